The lowest BCUT2D eigenvalue weighted by atomic mass is 10.4. The number of nitrogens with zero attached hydrogens (tertiary/aromatic N) is 1. The van der Waals surface area contributed by atoms with Crippen molar-refractivity contribution >= 4 is 0 Å². The third kappa shape index (κ3) is 8.31. The van der Waals surface area contributed by atoms with Crippen molar-refractivity contribution in [2.24, 2.45) is 0 Å². The molecule has 0 bridgehead atoms. The molecule has 0 aliphatic carbocycles. The lowest BCUT2D eigenvalue weighted by molar-refractivity contribution is -0.145. The Morgan fingerprint density at radius 3 is 2.21 bits per heavy atom. The molecule has 0 heterocycles. The molecule has 0 radical (unpaired) electrons. The smallest absolute Gasteiger partial charge is 0.313 e. The van der Waals surface area contributed by atoms with Crippen LogP contribution in [0.25, 0.3) is 0 Å². The third-order valence-electron chi connectivity index (χ3n) is 1.83. The summed E-state index contributed by atoms with van der Waals surface area (Å²) >= 11 is 0. The maximum Gasteiger partial charge on any atom is 0.401 e. The van der Waals surface area contributed by atoms with E-state index in [1.807, 2.05) is 13.8 Å². The molecule has 0 aromatic heterocycles. The molecule has 0 fully saturated rings. The molecule has 0 saturated carbocycles. The Bertz CT molecular complexity index is 145. The van der Waals surface area contributed by atoms with Crippen LogP contribution in [-0.2, 0) is 0 Å². The van der Waals surface area contributed by atoms with Crippen LogP contribution in [0.4, 0.5) is 13.2 Å². The SMILES string of the molecule is CCN(CCNC(C)C)CC(F)(F)F. The Kier molecular flexibility index (Phi) is 6.11. The van der Waals surface area contributed by atoms with Gasteiger partial charge in [0, 0.05) is 19.1 Å². The first-order valence-corrected chi connectivity index (χ1v) is 4.87. The predicted molar refractivity (Wildman–Crippen MR) is 51.3 cm³/mol. The first-order valence-electron chi connectivity index (χ1n) is 4.87. The molecular weight excluding hydrogens is 193 g/mol. The van der Waals surface area contributed by atoms with E-state index in [4.69, 9.17) is 0 Å². The first-order chi connectivity index (χ1) is 6.35. The Morgan fingerprint density at radius 2 is 1.86 bits per heavy atom. The molecule has 0 unspecified atom stereocenters. The van der Waals surface area contributed by atoms with Gasteiger partial charge in [-0.25, -0.2) is 0 Å². The Labute approximate surface area is 83.5 Å². The summed E-state index contributed by atoms with van der Waals surface area (Å²) in [5.41, 5.74) is 0. The molecular formula is C9H19F3N2. The quantitative estimate of drug-likeness (QED) is 0.723. The maximum atomic E-state index is 12.0. The van der Waals surface area contributed by atoms with Crippen molar-refractivity contribution in [3.05, 3.63) is 0 Å². The fourth-order valence-electron chi connectivity index (χ4n) is 1.11. The van der Waals surface area contributed by atoms with Crippen LogP contribution in [0.2, 0.25) is 0 Å². The van der Waals surface area contributed by atoms with Crippen LogP contribution < -0.4 is 5.32 Å². The fraction of sp³-hybridized carbons (Fsp3) is 1.00. The Hall–Kier alpha value is -0.290. The third-order valence-corrected chi connectivity index (χ3v) is 1.83. The minimum atomic E-state index is -4.09. The van der Waals surface area contributed by atoms with Gasteiger partial charge in [-0.15, -0.1) is 0 Å². The highest BCUT2D eigenvalue weighted by Crippen LogP contribution is 2.15. The molecule has 0 amide bonds. The van der Waals surface area contributed by atoms with Crippen LogP contribution in [0.1, 0.15) is 20.8 Å². The number of hydrogen-bond donors (Lipinski definition) is 1. The highest BCUT2D eigenvalue weighted by molar-refractivity contribution is 4.64. The number of hydrogen-bond acceptors (Lipinski definition) is 2. The highest BCUT2D eigenvalue weighted by atomic mass is 19.4. The Morgan fingerprint density at radius 1 is 1.29 bits per heavy atom. The number of nitrogens with one attached hydrogen (secondary N) is 1. The van der Waals surface area contributed by atoms with Crippen molar-refractivity contribution in [3.8, 4) is 0 Å². The van der Waals surface area contributed by atoms with Gasteiger partial charge in [-0.05, 0) is 6.54 Å². The molecule has 86 valence electrons. The van der Waals surface area contributed by atoms with Gasteiger partial charge in [0.2, 0.25) is 0 Å². The highest BCUT2D eigenvalue weighted by Gasteiger charge is 2.29. The average molecular weight is 212 g/mol. The predicted octanol–water partition coefficient (Wildman–Crippen LogP) is 1.87. The van der Waals surface area contributed by atoms with E-state index < -0.39 is 12.7 Å². The van der Waals surface area contributed by atoms with Crippen LogP contribution >= 0.6 is 0 Å². The number of likely N-dealkylation sites (N-methyl/N-ethyl adjacent to an activating group) is 1. The van der Waals surface area contributed by atoms with Crippen molar-refractivity contribution < 1.29 is 13.2 Å². The largest absolute Gasteiger partial charge is 0.401 e. The van der Waals surface area contributed by atoms with E-state index in [0.29, 0.717) is 25.7 Å². The van der Waals surface area contributed by atoms with Gasteiger partial charge in [0.1, 0.15) is 0 Å². The summed E-state index contributed by atoms with van der Waals surface area (Å²) in [6.07, 6.45) is -4.09. The van der Waals surface area contributed by atoms with Gasteiger partial charge < -0.3 is 5.32 Å². The van der Waals surface area contributed by atoms with Crippen molar-refractivity contribution in [2.45, 2.75) is 33.0 Å². The molecule has 2 nitrogen and oxygen atoms in total. The molecule has 0 aliphatic heterocycles. The summed E-state index contributed by atoms with van der Waals surface area (Å²) in [5.74, 6) is 0. The lowest BCUT2D eigenvalue weighted by Crippen LogP contribution is -2.39. The van der Waals surface area contributed by atoms with Crippen molar-refractivity contribution in [1.82, 2.24) is 10.2 Å². The molecule has 14 heavy (non-hydrogen) atoms. The molecule has 5 heteroatoms. The molecule has 0 aromatic carbocycles. The van der Waals surface area contributed by atoms with Gasteiger partial charge in [0.05, 0.1) is 6.54 Å². The van der Waals surface area contributed by atoms with Crippen LogP contribution in [-0.4, -0.2) is 43.3 Å². The van der Waals surface area contributed by atoms with Crippen molar-refractivity contribution in [1.29, 1.82) is 0 Å². The second-order valence-corrected chi connectivity index (χ2v) is 3.59. The zero-order valence-corrected chi connectivity index (χ0v) is 8.99. The standard InChI is InChI=1S/C9H19F3N2/c1-4-14(7-9(10,11)12)6-5-13-8(2)3/h8,13H,4-7H2,1-3H3. The van der Waals surface area contributed by atoms with Crippen molar-refractivity contribution in [2.75, 3.05) is 26.2 Å². The monoisotopic (exact) mass is 212 g/mol. The summed E-state index contributed by atoms with van der Waals surface area (Å²) < 4.78 is 36.0. The summed E-state index contributed by atoms with van der Waals surface area (Å²) in [6, 6.07) is 0.319. The topological polar surface area (TPSA) is 15.3 Å². The number of rotatable bonds is 6. The van der Waals surface area contributed by atoms with Crippen molar-refractivity contribution in [3.63, 3.8) is 0 Å². The maximum absolute atomic E-state index is 12.0. The van der Waals surface area contributed by atoms with Gasteiger partial charge in [-0.2, -0.15) is 13.2 Å². The molecule has 0 spiro atoms. The first kappa shape index (κ1) is 13.7. The van der Waals surface area contributed by atoms with E-state index in [0.717, 1.165) is 0 Å². The van der Waals surface area contributed by atoms with E-state index in [1.54, 1.807) is 6.92 Å². The minimum Gasteiger partial charge on any atom is -0.313 e. The van der Waals surface area contributed by atoms with E-state index in [2.05, 4.69) is 5.32 Å². The number of alkyl halides is 3. The lowest BCUT2D eigenvalue weighted by Gasteiger charge is -2.22. The molecule has 1 N–H and O–H groups in total. The van der Waals surface area contributed by atoms with Crippen LogP contribution in [0.5, 0.6) is 0 Å². The average Bonchev–Trinajstić information content (AvgIpc) is 1.99. The van der Waals surface area contributed by atoms with E-state index in [-0.39, 0.29) is 0 Å². The fourth-order valence-corrected chi connectivity index (χ4v) is 1.11. The molecule has 0 rings (SSSR count). The zero-order valence-electron chi connectivity index (χ0n) is 8.99. The van der Waals surface area contributed by atoms with Gasteiger partial charge in [0.15, 0.2) is 0 Å². The van der Waals surface area contributed by atoms with E-state index >= 15 is 0 Å². The van der Waals surface area contributed by atoms with Gasteiger partial charge in [0.25, 0.3) is 0 Å². The van der Waals surface area contributed by atoms with E-state index in [1.165, 1.54) is 4.90 Å². The molecule has 0 saturated heterocycles. The summed E-state index contributed by atoms with van der Waals surface area (Å²) in [4.78, 5) is 1.38. The van der Waals surface area contributed by atoms with E-state index in [9.17, 15) is 13.2 Å². The molecule has 0 atom stereocenters. The van der Waals surface area contributed by atoms with Crippen LogP contribution in [0.3, 0.4) is 0 Å². The van der Waals surface area contributed by atoms with Gasteiger partial charge in [-0.1, -0.05) is 20.8 Å². The second-order valence-electron chi connectivity index (χ2n) is 3.59. The van der Waals surface area contributed by atoms with Gasteiger partial charge >= 0.3 is 6.18 Å². The van der Waals surface area contributed by atoms with Crippen LogP contribution in [0, 0.1) is 0 Å². The summed E-state index contributed by atoms with van der Waals surface area (Å²) in [5, 5.41) is 3.09. The zero-order chi connectivity index (χ0) is 11.2. The summed E-state index contributed by atoms with van der Waals surface area (Å²) in [7, 11) is 0. The Balaban J connectivity index is 3.69. The van der Waals surface area contributed by atoms with Crippen LogP contribution in [0.15, 0.2) is 0 Å². The minimum absolute atomic E-state index is 0.319. The molecule has 0 aromatic rings. The molecule has 0 aliphatic rings. The van der Waals surface area contributed by atoms with Gasteiger partial charge in [-0.3, -0.25) is 4.90 Å². The normalized spacial score (nSPS) is 12.9. The number of halogens is 3. The second kappa shape index (κ2) is 6.24. The summed E-state index contributed by atoms with van der Waals surface area (Å²) in [6.45, 7) is 6.33.